The van der Waals surface area contributed by atoms with Crippen molar-refractivity contribution in [3.05, 3.63) is 0 Å². The van der Waals surface area contributed by atoms with Crippen LogP contribution in [0.25, 0.3) is 0 Å². The van der Waals surface area contributed by atoms with Gasteiger partial charge in [-0.05, 0) is 0 Å². The number of rotatable bonds is 6. The molecule has 0 heterocycles. The van der Waals surface area contributed by atoms with E-state index in [2.05, 4.69) is 4.74 Å². The number of halogens is 14. The lowest BCUT2D eigenvalue weighted by Gasteiger charge is -2.34. The van der Waals surface area contributed by atoms with Crippen LogP contribution in [-0.4, -0.2) is 49.3 Å². The average Bonchev–Trinajstić information content (AvgIpc) is 2.24. The molecule has 0 fully saturated rings. The molecule has 0 bridgehead atoms. The van der Waals surface area contributed by atoms with Crippen LogP contribution in [0, 0.1) is 0 Å². The van der Waals surface area contributed by atoms with Crippen LogP contribution in [-0.2, 0) is 4.74 Å². The summed E-state index contributed by atoms with van der Waals surface area (Å²) >= 11 is 0. The molecule has 0 N–H and O–H groups in total. The van der Waals surface area contributed by atoms with Gasteiger partial charge in [0.1, 0.15) is 0 Å². The normalized spacial score (nSPS) is 17.7. The SMILES string of the molecule is FC(F)C(OC(C(F)F)C(F)(F)C(F)(F)F)C(F)(F)C(F)(F)F. The van der Waals surface area contributed by atoms with Gasteiger partial charge in [-0.2, -0.15) is 43.9 Å². The lowest BCUT2D eigenvalue weighted by atomic mass is 10.1. The van der Waals surface area contributed by atoms with Gasteiger partial charge in [0.05, 0.1) is 0 Å². The molecule has 15 heteroatoms. The summed E-state index contributed by atoms with van der Waals surface area (Å²) in [6.07, 6.45) is -33.8. The standard InChI is InChI=1S/C8H4F14O/c9-3(10)1(5(13,14)7(17,18)19)23-2(4(11)12)6(15,16)8(20,21)22/h1-4H. The molecule has 0 spiro atoms. The Labute approximate surface area is 117 Å². The van der Waals surface area contributed by atoms with Crippen molar-refractivity contribution in [2.24, 2.45) is 0 Å². The van der Waals surface area contributed by atoms with Crippen molar-refractivity contribution in [3.8, 4) is 0 Å². The highest BCUT2D eigenvalue weighted by Crippen LogP contribution is 2.46. The average molecular weight is 382 g/mol. The van der Waals surface area contributed by atoms with E-state index in [1.54, 1.807) is 0 Å². The van der Waals surface area contributed by atoms with Crippen molar-refractivity contribution in [2.75, 3.05) is 0 Å². The smallest absolute Gasteiger partial charge is 0.350 e. The van der Waals surface area contributed by atoms with Gasteiger partial charge in [-0.1, -0.05) is 0 Å². The van der Waals surface area contributed by atoms with Crippen LogP contribution in [0.2, 0.25) is 0 Å². The van der Waals surface area contributed by atoms with Crippen molar-refractivity contribution in [1.29, 1.82) is 0 Å². The van der Waals surface area contributed by atoms with Gasteiger partial charge in [0.25, 0.3) is 12.9 Å². The van der Waals surface area contributed by atoms with Gasteiger partial charge in [0, 0.05) is 0 Å². The van der Waals surface area contributed by atoms with Crippen LogP contribution in [0.1, 0.15) is 0 Å². The molecule has 0 saturated carbocycles. The van der Waals surface area contributed by atoms with Crippen LogP contribution in [0.5, 0.6) is 0 Å². The predicted octanol–water partition coefficient (Wildman–Crippen LogP) is 4.67. The molecule has 0 aromatic carbocycles. The highest BCUT2D eigenvalue weighted by molar-refractivity contribution is 4.93. The van der Waals surface area contributed by atoms with Crippen LogP contribution in [0.15, 0.2) is 0 Å². The second-order valence-corrected chi connectivity index (χ2v) is 3.89. The second-order valence-electron chi connectivity index (χ2n) is 3.89. The highest BCUT2D eigenvalue weighted by Gasteiger charge is 2.71. The molecule has 0 aliphatic heterocycles. The predicted molar refractivity (Wildman–Crippen MR) is 42.7 cm³/mol. The quantitative estimate of drug-likeness (QED) is 0.607. The Morgan fingerprint density at radius 2 is 0.696 bits per heavy atom. The number of hydrogen-bond donors (Lipinski definition) is 0. The fourth-order valence-electron chi connectivity index (χ4n) is 1.09. The first-order chi connectivity index (χ1) is 9.87. The second kappa shape index (κ2) is 6.47. The van der Waals surface area contributed by atoms with Gasteiger partial charge in [0.15, 0.2) is 12.2 Å². The van der Waals surface area contributed by atoms with Crippen LogP contribution in [0.3, 0.4) is 0 Å². The van der Waals surface area contributed by atoms with Gasteiger partial charge < -0.3 is 4.74 Å². The summed E-state index contributed by atoms with van der Waals surface area (Å²) in [5.74, 6) is -13.3. The van der Waals surface area contributed by atoms with Gasteiger partial charge >= 0.3 is 24.2 Å². The maximum atomic E-state index is 12.7. The van der Waals surface area contributed by atoms with Crippen molar-refractivity contribution in [1.82, 2.24) is 0 Å². The lowest BCUT2D eigenvalue weighted by Crippen LogP contribution is -2.59. The van der Waals surface area contributed by atoms with Gasteiger partial charge in [-0.3, -0.25) is 0 Å². The molecule has 0 radical (unpaired) electrons. The molecule has 0 saturated heterocycles. The Morgan fingerprint density at radius 3 is 0.826 bits per heavy atom. The van der Waals surface area contributed by atoms with Crippen molar-refractivity contribution >= 4 is 0 Å². The van der Waals surface area contributed by atoms with Crippen molar-refractivity contribution < 1.29 is 66.2 Å². The molecule has 2 unspecified atom stereocenters. The Morgan fingerprint density at radius 1 is 0.478 bits per heavy atom. The molecule has 2 atom stereocenters. The van der Waals surface area contributed by atoms with E-state index in [1.165, 1.54) is 0 Å². The van der Waals surface area contributed by atoms with Gasteiger partial charge in [-0.25, -0.2) is 17.6 Å². The van der Waals surface area contributed by atoms with Crippen molar-refractivity contribution in [2.45, 2.75) is 49.3 Å². The fraction of sp³-hybridized carbons (Fsp3) is 1.00. The summed E-state index contributed by atoms with van der Waals surface area (Å²) in [6.45, 7) is 0. The first kappa shape index (κ1) is 22.0. The molecule has 0 amide bonds. The van der Waals surface area contributed by atoms with Gasteiger partial charge in [-0.15, -0.1) is 0 Å². The minimum atomic E-state index is -6.88. The number of alkyl halides is 14. The van der Waals surface area contributed by atoms with Crippen LogP contribution in [0.4, 0.5) is 61.5 Å². The van der Waals surface area contributed by atoms with E-state index in [-0.39, 0.29) is 0 Å². The summed E-state index contributed by atoms with van der Waals surface area (Å²) in [5, 5.41) is 0. The Balaban J connectivity index is 5.80. The maximum Gasteiger partial charge on any atom is 0.456 e. The number of ether oxygens (including phenoxy) is 1. The van der Waals surface area contributed by atoms with Crippen LogP contribution >= 0.6 is 0 Å². The third kappa shape index (κ3) is 4.50. The molecular weight excluding hydrogens is 378 g/mol. The zero-order valence-corrected chi connectivity index (χ0v) is 10.0. The Bertz CT molecular complexity index is 345. The van der Waals surface area contributed by atoms with E-state index in [9.17, 15) is 61.5 Å². The molecule has 0 aliphatic carbocycles. The molecule has 1 nitrogen and oxygen atoms in total. The van der Waals surface area contributed by atoms with E-state index in [0.29, 0.717) is 0 Å². The highest BCUT2D eigenvalue weighted by atomic mass is 19.4. The molecule has 0 aliphatic rings. The molecular formula is C8H4F14O. The monoisotopic (exact) mass is 382 g/mol. The largest absolute Gasteiger partial charge is 0.456 e. The summed E-state index contributed by atoms with van der Waals surface area (Å²) in [7, 11) is 0. The van der Waals surface area contributed by atoms with Crippen LogP contribution < -0.4 is 0 Å². The molecule has 0 aromatic heterocycles. The Kier molecular flexibility index (Phi) is 6.18. The minimum Gasteiger partial charge on any atom is -0.350 e. The number of hydrogen-bond acceptors (Lipinski definition) is 1. The van der Waals surface area contributed by atoms with E-state index >= 15 is 0 Å². The minimum absolute atomic E-state index is 2.52. The van der Waals surface area contributed by atoms with E-state index in [0.717, 1.165) is 0 Å². The first-order valence-electron chi connectivity index (χ1n) is 4.98. The van der Waals surface area contributed by atoms with E-state index in [4.69, 9.17) is 0 Å². The van der Waals surface area contributed by atoms with E-state index < -0.39 is 49.3 Å². The zero-order chi connectivity index (χ0) is 19.0. The zero-order valence-electron chi connectivity index (χ0n) is 10.0. The Hall–Kier alpha value is -1.02. The molecule has 23 heavy (non-hydrogen) atoms. The first-order valence-corrected chi connectivity index (χ1v) is 4.98. The van der Waals surface area contributed by atoms with Gasteiger partial charge in [0.2, 0.25) is 0 Å². The lowest BCUT2D eigenvalue weighted by molar-refractivity contribution is -0.378. The summed E-state index contributed by atoms with van der Waals surface area (Å²) in [6, 6.07) is 0. The summed E-state index contributed by atoms with van der Waals surface area (Å²) < 4.78 is 173. The summed E-state index contributed by atoms with van der Waals surface area (Å²) in [5.41, 5.74) is 0. The topological polar surface area (TPSA) is 9.23 Å². The molecule has 0 aromatic rings. The summed E-state index contributed by atoms with van der Waals surface area (Å²) in [4.78, 5) is 0. The van der Waals surface area contributed by atoms with E-state index in [1.807, 2.05) is 0 Å². The molecule has 140 valence electrons. The third-order valence-corrected chi connectivity index (χ3v) is 2.22. The van der Waals surface area contributed by atoms with Crippen molar-refractivity contribution in [3.63, 3.8) is 0 Å². The maximum absolute atomic E-state index is 12.7. The molecule has 0 rings (SSSR count). The fourth-order valence-corrected chi connectivity index (χ4v) is 1.09. The third-order valence-electron chi connectivity index (χ3n) is 2.22.